The van der Waals surface area contributed by atoms with Crippen molar-refractivity contribution in [3.63, 3.8) is 0 Å². The van der Waals surface area contributed by atoms with Crippen molar-refractivity contribution in [2.75, 3.05) is 14.2 Å². The molecule has 120 valence electrons. The Bertz CT molecular complexity index is 440. The van der Waals surface area contributed by atoms with Crippen LogP contribution in [-0.2, 0) is 19.1 Å². The van der Waals surface area contributed by atoms with Gasteiger partial charge in [0.25, 0.3) is 0 Å². The van der Waals surface area contributed by atoms with Gasteiger partial charge in [0.2, 0.25) is 0 Å². The van der Waals surface area contributed by atoms with Gasteiger partial charge in [0.15, 0.2) is 5.78 Å². The van der Waals surface area contributed by atoms with Gasteiger partial charge in [-0.25, -0.2) is 0 Å². The van der Waals surface area contributed by atoms with Crippen LogP contribution in [0.15, 0.2) is 11.1 Å². The van der Waals surface area contributed by atoms with Crippen molar-refractivity contribution in [1.82, 2.24) is 0 Å². The van der Waals surface area contributed by atoms with E-state index in [1.165, 1.54) is 14.2 Å². The van der Waals surface area contributed by atoms with Gasteiger partial charge in [0.1, 0.15) is 5.60 Å². The van der Waals surface area contributed by atoms with Crippen LogP contribution in [0.2, 0.25) is 0 Å². The molecule has 0 spiro atoms. The van der Waals surface area contributed by atoms with Crippen LogP contribution in [-0.4, -0.2) is 42.8 Å². The highest BCUT2D eigenvalue weighted by Gasteiger charge is 2.55. The first-order chi connectivity index (χ1) is 9.84. The molecule has 5 heteroatoms. The van der Waals surface area contributed by atoms with E-state index >= 15 is 0 Å². The largest absolute Gasteiger partial charge is 0.469 e. The van der Waals surface area contributed by atoms with Gasteiger partial charge < -0.3 is 14.6 Å². The average molecular weight is 298 g/mol. The van der Waals surface area contributed by atoms with Crippen LogP contribution in [0.1, 0.15) is 46.5 Å². The summed E-state index contributed by atoms with van der Waals surface area (Å²) in [6.07, 6.45) is 1.85. The van der Waals surface area contributed by atoms with Crippen molar-refractivity contribution >= 4 is 11.8 Å². The minimum atomic E-state index is -1.43. The number of ketones is 1. The Labute approximate surface area is 126 Å². The van der Waals surface area contributed by atoms with Gasteiger partial charge in [-0.2, -0.15) is 0 Å². The van der Waals surface area contributed by atoms with Crippen molar-refractivity contribution in [1.29, 1.82) is 0 Å². The van der Waals surface area contributed by atoms with E-state index in [-0.39, 0.29) is 12.2 Å². The van der Waals surface area contributed by atoms with E-state index in [1.54, 1.807) is 13.8 Å². The molecule has 21 heavy (non-hydrogen) atoms. The molecule has 0 aromatic rings. The van der Waals surface area contributed by atoms with Crippen molar-refractivity contribution in [3.05, 3.63) is 11.1 Å². The van der Waals surface area contributed by atoms with Crippen LogP contribution in [0.4, 0.5) is 0 Å². The number of carbonyl (C=O) groups is 2. The topological polar surface area (TPSA) is 72.8 Å². The molecule has 5 nitrogen and oxygen atoms in total. The fourth-order valence-corrected chi connectivity index (χ4v) is 3.08. The first kappa shape index (κ1) is 17.9. The molecule has 0 amide bonds. The molecule has 1 rings (SSSR count). The summed E-state index contributed by atoms with van der Waals surface area (Å²) in [4.78, 5) is 24.0. The monoisotopic (exact) mass is 298 g/mol. The van der Waals surface area contributed by atoms with Crippen LogP contribution in [0.25, 0.3) is 0 Å². The molecule has 0 radical (unpaired) electrons. The van der Waals surface area contributed by atoms with E-state index in [9.17, 15) is 14.7 Å². The lowest BCUT2D eigenvalue weighted by atomic mass is 9.77. The number of rotatable bonds is 7. The molecular formula is C16H26O5. The molecule has 0 fully saturated rings. The summed E-state index contributed by atoms with van der Waals surface area (Å²) in [6.45, 7) is 5.48. The molecule has 1 N–H and O–H groups in total. The molecule has 3 unspecified atom stereocenters. The van der Waals surface area contributed by atoms with Gasteiger partial charge in [-0.05, 0) is 31.4 Å². The molecule has 0 bridgehead atoms. The zero-order valence-corrected chi connectivity index (χ0v) is 13.6. The molecule has 1 aliphatic carbocycles. The van der Waals surface area contributed by atoms with Crippen molar-refractivity contribution in [2.24, 2.45) is 5.92 Å². The fraction of sp³-hybridized carbons (Fsp3) is 0.750. The van der Waals surface area contributed by atoms with Crippen molar-refractivity contribution < 1.29 is 24.2 Å². The Morgan fingerprint density at radius 2 is 2.00 bits per heavy atom. The van der Waals surface area contributed by atoms with Crippen LogP contribution >= 0.6 is 0 Å². The van der Waals surface area contributed by atoms with E-state index in [4.69, 9.17) is 4.74 Å². The number of esters is 1. The van der Waals surface area contributed by atoms with Gasteiger partial charge in [-0.15, -0.1) is 0 Å². The third-order valence-electron chi connectivity index (χ3n) is 4.57. The number of allylic oxidation sites excluding steroid dienone is 1. The molecule has 0 aliphatic heterocycles. The second kappa shape index (κ2) is 7.18. The molecule has 0 aromatic carbocycles. The number of unbranched alkanes of at least 4 members (excludes halogenated alkanes) is 1. The van der Waals surface area contributed by atoms with E-state index in [1.807, 2.05) is 0 Å². The number of methoxy groups -OCH3 is 2. The molecule has 0 saturated carbocycles. The highest BCUT2D eigenvalue weighted by Crippen LogP contribution is 2.44. The molecule has 0 heterocycles. The van der Waals surface area contributed by atoms with Crippen molar-refractivity contribution in [2.45, 2.75) is 58.2 Å². The van der Waals surface area contributed by atoms with Gasteiger partial charge in [0.05, 0.1) is 25.6 Å². The fourth-order valence-electron chi connectivity index (χ4n) is 3.08. The zero-order chi connectivity index (χ0) is 16.2. The minimum Gasteiger partial charge on any atom is -0.469 e. The lowest BCUT2D eigenvalue weighted by Gasteiger charge is -2.37. The van der Waals surface area contributed by atoms with Crippen LogP contribution in [0.5, 0.6) is 0 Å². The minimum absolute atomic E-state index is 0.132. The first-order valence-electron chi connectivity index (χ1n) is 7.38. The van der Waals surface area contributed by atoms with Crippen LogP contribution in [0, 0.1) is 5.92 Å². The summed E-state index contributed by atoms with van der Waals surface area (Å²) in [6, 6.07) is 0. The molecular weight excluding hydrogens is 272 g/mol. The number of Topliss-reactive ketones (excluding diaryl/α,β-unsaturated/α-hetero) is 1. The molecule has 3 atom stereocenters. The van der Waals surface area contributed by atoms with E-state index < -0.39 is 23.6 Å². The predicted octanol–water partition coefficient (Wildman–Crippen LogP) is 2.02. The lowest BCUT2D eigenvalue weighted by molar-refractivity contribution is -0.152. The quantitative estimate of drug-likeness (QED) is 0.728. The summed E-state index contributed by atoms with van der Waals surface area (Å²) in [5.41, 5.74) is -0.312. The highest BCUT2D eigenvalue weighted by atomic mass is 16.5. The second-order valence-electron chi connectivity index (χ2n) is 5.64. The van der Waals surface area contributed by atoms with Gasteiger partial charge in [-0.1, -0.05) is 19.8 Å². The maximum absolute atomic E-state index is 12.4. The van der Waals surface area contributed by atoms with Gasteiger partial charge in [-0.3, -0.25) is 9.59 Å². The lowest BCUT2D eigenvalue weighted by Crippen LogP contribution is -2.50. The summed E-state index contributed by atoms with van der Waals surface area (Å²) < 4.78 is 10.1. The van der Waals surface area contributed by atoms with E-state index in [0.717, 1.165) is 12.8 Å². The van der Waals surface area contributed by atoms with Crippen molar-refractivity contribution in [3.8, 4) is 0 Å². The standard InChI is InChI=1S/C16H26O5/c1-6-7-8-13(20-4)16(19)11(3)10(2)15(18)12(16)9-14(17)21-5/h12-13,19H,6-9H2,1-5H3. The maximum Gasteiger partial charge on any atom is 0.306 e. The molecule has 1 aliphatic rings. The third kappa shape index (κ3) is 3.19. The Kier molecular flexibility index (Phi) is 6.10. The number of ether oxygens (including phenoxy) is 2. The SMILES string of the molecule is CCCCC(OC)C1(O)C(C)=C(C)C(=O)C1CC(=O)OC. The Hall–Kier alpha value is -1.20. The van der Waals surface area contributed by atoms with Gasteiger partial charge >= 0.3 is 5.97 Å². The number of aliphatic hydroxyl groups is 1. The Morgan fingerprint density at radius 1 is 1.38 bits per heavy atom. The Balaban J connectivity index is 3.16. The summed E-state index contributed by atoms with van der Waals surface area (Å²) >= 11 is 0. The summed E-state index contributed by atoms with van der Waals surface area (Å²) in [7, 11) is 2.80. The van der Waals surface area contributed by atoms with E-state index in [2.05, 4.69) is 11.7 Å². The number of hydrogen-bond donors (Lipinski definition) is 1. The zero-order valence-electron chi connectivity index (χ0n) is 13.6. The third-order valence-corrected chi connectivity index (χ3v) is 4.57. The second-order valence-corrected chi connectivity index (χ2v) is 5.64. The number of hydrogen-bond acceptors (Lipinski definition) is 5. The van der Waals surface area contributed by atoms with E-state index in [0.29, 0.717) is 17.6 Å². The maximum atomic E-state index is 12.4. The summed E-state index contributed by atoms with van der Waals surface area (Å²) in [5, 5.41) is 11.2. The smallest absolute Gasteiger partial charge is 0.306 e. The highest BCUT2D eigenvalue weighted by molar-refractivity contribution is 6.03. The number of carbonyl (C=O) groups excluding carboxylic acids is 2. The summed E-state index contributed by atoms with van der Waals surface area (Å²) in [5.74, 6) is -1.52. The van der Waals surface area contributed by atoms with Crippen LogP contribution < -0.4 is 0 Å². The first-order valence-corrected chi connectivity index (χ1v) is 7.38. The molecule has 0 saturated heterocycles. The molecule has 0 aromatic heterocycles. The van der Waals surface area contributed by atoms with Gasteiger partial charge in [0, 0.05) is 7.11 Å². The normalized spacial score (nSPS) is 27.1. The average Bonchev–Trinajstić information content (AvgIpc) is 2.64. The predicted molar refractivity (Wildman–Crippen MR) is 78.8 cm³/mol. The van der Waals surface area contributed by atoms with Crippen LogP contribution in [0.3, 0.4) is 0 Å². The Morgan fingerprint density at radius 3 is 2.48 bits per heavy atom.